The van der Waals surface area contributed by atoms with Crippen LogP contribution in [0.3, 0.4) is 0 Å². The van der Waals surface area contributed by atoms with E-state index in [1.165, 1.54) is 18.4 Å². The molecule has 5 nitrogen and oxygen atoms in total. The van der Waals surface area contributed by atoms with Crippen molar-refractivity contribution in [3.63, 3.8) is 0 Å². The second-order valence-electron chi connectivity index (χ2n) is 7.63. The molecule has 0 unspecified atom stereocenters. The van der Waals surface area contributed by atoms with Gasteiger partial charge in [-0.3, -0.25) is 9.48 Å². The number of carbonyl (C=O) groups is 1. The normalized spacial score (nSPS) is 21.7. The molecular formula is C21H28N4O. The smallest absolute Gasteiger partial charge is 0.253 e. The third kappa shape index (κ3) is 3.98. The summed E-state index contributed by atoms with van der Waals surface area (Å²) < 4.78 is 2.00. The van der Waals surface area contributed by atoms with E-state index in [0.717, 1.165) is 51.1 Å². The minimum Gasteiger partial charge on any atom is -0.339 e. The van der Waals surface area contributed by atoms with Gasteiger partial charge in [-0.05, 0) is 67.8 Å². The van der Waals surface area contributed by atoms with Gasteiger partial charge >= 0.3 is 0 Å². The van der Waals surface area contributed by atoms with Crippen LogP contribution in [0, 0.1) is 5.92 Å². The Hall–Kier alpha value is -2.14. The number of nitrogens with zero attached hydrogens (tertiary/aromatic N) is 3. The Balaban J connectivity index is 1.36. The van der Waals surface area contributed by atoms with E-state index in [-0.39, 0.29) is 5.91 Å². The van der Waals surface area contributed by atoms with Crippen molar-refractivity contribution in [2.75, 3.05) is 26.2 Å². The molecule has 0 aliphatic carbocycles. The first-order valence-corrected chi connectivity index (χ1v) is 9.87. The summed E-state index contributed by atoms with van der Waals surface area (Å²) in [7, 11) is 0. The monoisotopic (exact) mass is 352 g/mol. The predicted molar refractivity (Wildman–Crippen MR) is 102 cm³/mol. The van der Waals surface area contributed by atoms with Gasteiger partial charge < -0.3 is 10.2 Å². The fourth-order valence-corrected chi connectivity index (χ4v) is 4.24. The molecule has 3 heterocycles. The molecule has 5 heteroatoms. The van der Waals surface area contributed by atoms with Crippen LogP contribution < -0.4 is 5.32 Å². The zero-order chi connectivity index (χ0) is 17.8. The fraction of sp³-hybridized carbons (Fsp3) is 0.524. The van der Waals surface area contributed by atoms with Crippen molar-refractivity contribution in [2.24, 2.45) is 5.92 Å². The number of carbonyl (C=O) groups excluding carboxylic acids is 1. The van der Waals surface area contributed by atoms with Crippen LogP contribution in [0.2, 0.25) is 0 Å². The zero-order valence-corrected chi connectivity index (χ0v) is 15.3. The SMILES string of the molecule is O=C(c1cccc([C@H]2CCCNC2)c1)N1CCC(Cn2cccn2)CC1. The number of aromatic nitrogens is 2. The molecule has 0 bridgehead atoms. The van der Waals surface area contributed by atoms with E-state index in [1.54, 1.807) is 0 Å². The molecule has 2 aliphatic rings. The second kappa shape index (κ2) is 8.04. The summed E-state index contributed by atoms with van der Waals surface area (Å²) in [4.78, 5) is 15.0. The van der Waals surface area contributed by atoms with E-state index >= 15 is 0 Å². The van der Waals surface area contributed by atoms with Crippen molar-refractivity contribution >= 4 is 5.91 Å². The van der Waals surface area contributed by atoms with Crippen molar-refractivity contribution in [3.8, 4) is 0 Å². The van der Waals surface area contributed by atoms with Gasteiger partial charge in [-0.1, -0.05) is 12.1 Å². The maximum atomic E-state index is 13.0. The highest BCUT2D eigenvalue weighted by molar-refractivity contribution is 5.94. The number of piperidine rings is 2. The van der Waals surface area contributed by atoms with E-state index in [2.05, 4.69) is 22.5 Å². The second-order valence-corrected chi connectivity index (χ2v) is 7.63. The van der Waals surface area contributed by atoms with Crippen LogP contribution in [-0.2, 0) is 6.54 Å². The van der Waals surface area contributed by atoms with E-state index in [0.29, 0.717) is 11.8 Å². The molecule has 1 aromatic heterocycles. The molecular weight excluding hydrogens is 324 g/mol. The lowest BCUT2D eigenvalue weighted by Crippen LogP contribution is -2.39. The molecule has 0 saturated carbocycles. The molecule has 26 heavy (non-hydrogen) atoms. The average Bonchev–Trinajstić information content (AvgIpc) is 3.22. The third-order valence-electron chi connectivity index (χ3n) is 5.81. The maximum absolute atomic E-state index is 13.0. The molecule has 2 aromatic rings. The summed E-state index contributed by atoms with van der Waals surface area (Å²) in [5, 5.41) is 7.76. The minimum absolute atomic E-state index is 0.188. The Morgan fingerprint density at radius 1 is 1.19 bits per heavy atom. The van der Waals surface area contributed by atoms with Crippen LogP contribution in [0.1, 0.15) is 47.5 Å². The van der Waals surface area contributed by atoms with E-state index in [1.807, 2.05) is 40.2 Å². The van der Waals surface area contributed by atoms with Gasteiger partial charge in [-0.2, -0.15) is 5.10 Å². The summed E-state index contributed by atoms with van der Waals surface area (Å²) in [6, 6.07) is 10.3. The number of likely N-dealkylation sites (tertiary alicyclic amines) is 1. The van der Waals surface area contributed by atoms with Crippen LogP contribution in [0.5, 0.6) is 0 Å². The topological polar surface area (TPSA) is 50.2 Å². The summed E-state index contributed by atoms with van der Waals surface area (Å²) in [6.07, 6.45) is 8.38. The first-order chi connectivity index (χ1) is 12.8. The summed E-state index contributed by atoms with van der Waals surface area (Å²) in [5.41, 5.74) is 2.15. The molecule has 0 radical (unpaired) electrons. The van der Waals surface area contributed by atoms with Gasteiger partial charge in [0, 0.05) is 44.1 Å². The lowest BCUT2D eigenvalue weighted by molar-refractivity contribution is 0.0681. The molecule has 2 saturated heterocycles. The standard InChI is InChI=1S/C21H28N4O/c26-21(19-5-1-4-18(14-19)20-6-2-9-22-15-20)24-12-7-17(8-13-24)16-25-11-3-10-23-25/h1,3-5,10-11,14,17,20,22H,2,6-9,12-13,15-16H2/t20-/m0/s1. The molecule has 4 rings (SSSR count). The first kappa shape index (κ1) is 17.3. The summed E-state index contributed by atoms with van der Waals surface area (Å²) in [5.74, 6) is 1.34. The third-order valence-corrected chi connectivity index (χ3v) is 5.81. The Labute approximate surface area is 155 Å². The summed E-state index contributed by atoms with van der Waals surface area (Å²) >= 11 is 0. The first-order valence-electron chi connectivity index (χ1n) is 9.87. The quantitative estimate of drug-likeness (QED) is 0.920. The van der Waals surface area contributed by atoms with Crippen molar-refractivity contribution < 1.29 is 4.79 Å². The Kier molecular flexibility index (Phi) is 5.34. The molecule has 1 aromatic carbocycles. The fourth-order valence-electron chi connectivity index (χ4n) is 4.24. The number of nitrogens with one attached hydrogen (secondary N) is 1. The maximum Gasteiger partial charge on any atom is 0.253 e. The van der Waals surface area contributed by atoms with Crippen LogP contribution >= 0.6 is 0 Å². The van der Waals surface area contributed by atoms with Crippen molar-refractivity contribution in [1.29, 1.82) is 0 Å². The van der Waals surface area contributed by atoms with Crippen LogP contribution in [-0.4, -0.2) is 46.8 Å². The van der Waals surface area contributed by atoms with Gasteiger partial charge in [-0.15, -0.1) is 0 Å². The average molecular weight is 352 g/mol. The van der Waals surface area contributed by atoms with Crippen LogP contribution in [0.4, 0.5) is 0 Å². The lowest BCUT2D eigenvalue weighted by Gasteiger charge is -2.32. The molecule has 138 valence electrons. The van der Waals surface area contributed by atoms with Gasteiger partial charge in [0.1, 0.15) is 0 Å². The predicted octanol–water partition coefficient (Wildman–Crippen LogP) is 2.90. The van der Waals surface area contributed by atoms with E-state index in [4.69, 9.17) is 0 Å². The van der Waals surface area contributed by atoms with Crippen LogP contribution in [0.15, 0.2) is 42.7 Å². The number of hydrogen-bond acceptors (Lipinski definition) is 3. The van der Waals surface area contributed by atoms with Gasteiger partial charge in [0.05, 0.1) is 0 Å². The van der Waals surface area contributed by atoms with Crippen LogP contribution in [0.25, 0.3) is 0 Å². The van der Waals surface area contributed by atoms with E-state index < -0.39 is 0 Å². The molecule has 0 spiro atoms. The van der Waals surface area contributed by atoms with Crippen molar-refractivity contribution in [2.45, 2.75) is 38.1 Å². The number of benzene rings is 1. The Morgan fingerprint density at radius 3 is 2.81 bits per heavy atom. The highest BCUT2D eigenvalue weighted by atomic mass is 16.2. The molecule has 1 N–H and O–H groups in total. The van der Waals surface area contributed by atoms with Gasteiger partial charge in [0.25, 0.3) is 5.91 Å². The Morgan fingerprint density at radius 2 is 2.08 bits per heavy atom. The summed E-state index contributed by atoms with van der Waals surface area (Å²) in [6.45, 7) is 4.79. The lowest BCUT2D eigenvalue weighted by atomic mass is 9.90. The highest BCUT2D eigenvalue weighted by Gasteiger charge is 2.24. The minimum atomic E-state index is 0.188. The van der Waals surface area contributed by atoms with Crippen molar-refractivity contribution in [1.82, 2.24) is 20.0 Å². The highest BCUT2D eigenvalue weighted by Crippen LogP contribution is 2.25. The number of rotatable bonds is 4. The zero-order valence-electron chi connectivity index (χ0n) is 15.3. The van der Waals surface area contributed by atoms with Gasteiger partial charge in [0.2, 0.25) is 0 Å². The molecule has 1 atom stereocenters. The van der Waals surface area contributed by atoms with Gasteiger partial charge in [-0.25, -0.2) is 0 Å². The number of hydrogen-bond donors (Lipinski definition) is 1. The molecule has 2 fully saturated rings. The largest absolute Gasteiger partial charge is 0.339 e. The van der Waals surface area contributed by atoms with Crippen molar-refractivity contribution in [3.05, 3.63) is 53.9 Å². The van der Waals surface area contributed by atoms with E-state index in [9.17, 15) is 4.79 Å². The molecule has 1 amide bonds. The Bertz CT molecular complexity index is 713. The number of amides is 1. The van der Waals surface area contributed by atoms with Gasteiger partial charge in [0.15, 0.2) is 0 Å². The molecule has 2 aliphatic heterocycles.